The Hall–Kier alpha value is -1.11. The van der Waals surface area contributed by atoms with E-state index in [1.165, 1.54) is 9.21 Å². The second kappa shape index (κ2) is 7.02. The van der Waals surface area contributed by atoms with Gasteiger partial charge in [0.05, 0.1) is 42.8 Å². The topological polar surface area (TPSA) is 41.8 Å². The van der Waals surface area contributed by atoms with Crippen LogP contribution in [0.4, 0.5) is 0 Å². The molecule has 0 saturated carbocycles. The lowest BCUT2D eigenvalue weighted by molar-refractivity contribution is -0.887. The molecule has 1 aliphatic rings. The van der Waals surface area contributed by atoms with Gasteiger partial charge in [-0.2, -0.15) is 4.31 Å². The van der Waals surface area contributed by atoms with Crippen LogP contribution in [0.15, 0.2) is 53.4 Å². The zero-order valence-electron chi connectivity index (χ0n) is 13.2. The van der Waals surface area contributed by atoms with Gasteiger partial charge in [-0.25, -0.2) is 8.42 Å². The predicted molar refractivity (Wildman–Crippen MR) is 96.2 cm³/mol. The first-order valence-corrected chi connectivity index (χ1v) is 9.93. The first-order chi connectivity index (χ1) is 11.4. The van der Waals surface area contributed by atoms with Crippen LogP contribution in [0.5, 0.6) is 0 Å². The summed E-state index contributed by atoms with van der Waals surface area (Å²) < 4.78 is 28.1. The van der Waals surface area contributed by atoms with Crippen molar-refractivity contribution in [1.29, 1.82) is 0 Å². The van der Waals surface area contributed by atoms with E-state index >= 15 is 0 Å². The smallest absolute Gasteiger partial charge is 0.247 e. The number of nitrogens with one attached hydrogen (secondary N) is 1. The van der Waals surface area contributed by atoms with Crippen molar-refractivity contribution in [3.05, 3.63) is 64.1 Å². The summed E-state index contributed by atoms with van der Waals surface area (Å²) in [5.74, 6) is 0. The first kappa shape index (κ1) is 17.7. The Morgan fingerprint density at radius 3 is 2.29 bits per heavy atom. The van der Waals surface area contributed by atoms with E-state index in [-0.39, 0.29) is 21.0 Å². The molecule has 1 saturated heterocycles. The highest BCUT2D eigenvalue weighted by atomic mass is 35.5. The van der Waals surface area contributed by atoms with Gasteiger partial charge in [-0.3, -0.25) is 0 Å². The molecule has 1 aliphatic heterocycles. The van der Waals surface area contributed by atoms with Gasteiger partial charge in [0.15, 0.2) is 0 Å². The van der Waals surface area contributed by atoms with Gasteiger partial charge >= 0.3 is 0 Å². The molecule has 0 amide bonds. The Labute approximate surface area is 152 Å². The zero-order chi connectivity index (χ0) is 17.3. The fraction of sp³-hybridized carbons (Fsp3) is 0.294. The van der Waals surface area contributed by atoms with Gasteiger partial charge in [0, 0.05) is 0 Å². The standard InChI is InChI=1S/C17H18Cl2N2O2S/c1-20-10-11-21(16(12-20)13-6-3-2-4-7-13)24(22,23)17-14(18)8-5-9-15(17)19/h2-9,16H,10-12H2,1H3/p+1/t16-/m0/s1. The molecule has 1 unspecified atom stereocenters. The minimum atomic E-state index is -3.79. The molecule has 1 N–H and O–H groups in total. The SMILES string of the molecule is C[NH+]1CCN(S(=O)(=O)c2c(Cl)cccc2Cl)[C@H](c2ccccc2)C1. The van der Waals surface area contributed by atoms with Crippen LogP contribution >= 0.6 is 23.2 Å². The number of piperazine rings is 1. The molecule has 7 heteroatoms. The highest BCUT2D eigenvalue weighted by Crippen LogP contribution is 2.35. The monoisotopic (exact) mass is 385 g/mol. The molecule has 3 rings (SSSR count). The Balaban J connectivity index is 2.08. The number of quaternary nitrogens is 1. The predicted octanol–water partition coefficient (Wildman–Crippen LogP) is 2.25. The van der Waals surface area contributed by atoms with Crippen molar-refractivity contribution in [3.8, 4) is 0 Å². The number of nitrogens with zero attached hydrogens (tertiary/aromatic N) is 1. The molecule has 2 atom stereocenters. The van der Waals surface area contributed by atoms with Gasteiger partial charge in [-0.05, 0) is 17.7 Å². The number of likely N-dealkylation sites (N-methyl/N-ethyl adjacent to an activating group) is 1. The molecule has 0 radical (unpaired) electrons. The number of benzene rings is 2. The van der Waals surface area contributed by atoms with Crippen molar-refractivity contribution in [3.63, 3.8) is 0 Å². The molecule has 128 valence electrons. The summed E-state index contributed by atoms with van der Waals surface area (Å²) in [6.07, 6.45) is 0. The molecular weight excluding hydrogens is 367 g/mol. The van der Waals surface area contributed by atoms with Crippen LogP contribution in [0, 0.1) is 0 Å². The van der Waals surface area contributed by atoms with Gasteiger partial charge in [0.25, 0.3) is 0 Å². The zero-order valence-corrected chi connectivity index (χ0v) is 15.6. The van der Waals surface area contributed by atoms with Crippen LogP contribution in [0.1, 0.15) is 11.6 Å². The third-order valence-electron chi connectivity index (χ3n) is 4.32. The number of rotatable bonds is 3. The third kappa shape index (κ3) is 3.32. The van der Waals surface area contributed by atoms with Gasteiger partial charge in [0.2, 0.25) is 10.0 Å². The molecule has 0 aromatic heterocycles. The number of hydrogen-bond acceptors (Lipinski definition) is 2. The van der Waals surface area contributed by atoms with E-state index in [1.54, 1.807) is 18.2 Å². The van der Waals surface area contributed by atoms with Crippen molar-refractivity contribution in [1.82, 2.24) is 4.31 Å². The Bertz CT molecular complexity index is 807. The lowest BCUT2D eigenvalue weighted by atomic mass is 10.1. The summed E-state index contributed by atoms with van der Waals surface area (Å²) in [6, 6.07) is 14.2. The normalized spacial score (nSPS) is 22.5. The number of halogens is 2. The minimum Gasteiger partial charge on any atom is -0.335 e. The average molecular weight is 386 g/mol. The molecule has 24 heavy (non-hydrogen) atoms. The molecule has 0 bridgehead atoms. The summed E-state index contributed by atoms with van der Waals surface area (Å²) in [7, 11) is -1.72. The second-order valence-electron chi connectivity index (χ2n) is 6.00. The van der Waals surface area contributed by atoms with Crippen LogP contribution in [0.3, 0.4) is 0 Å². The van der Waals surface area contributed by atoms with Crippen molar-refractivity contribution in [2.24, 2.45) is 0 Å². The van der Waals surface area contributed by atoms with Crippen LogP contribution in [-0.4, -0.2) is 39.4 Å². The van der Waals surface area contributed by atoms with Gasteiger partial charge in [-0.15, -0.1) is 0 Å². The summed E-state index contributed by atoms with van der Waals surface area (Å²) in [4.78, 5) is 1.29. The molecule has 2 aromatic carbocycles. The molecule has 0 spiro atoms. The van der Waals surface area contributed by atoms with Gasteiger partial charge < -0.3 is 4.90 Å². The van der Waals surface area contributed by atoms with Crippen LogP contribution in [0.25, 0.3) is 0 Å². The average Bonchev–Trinajstić information content (AvgIpc) is 2.55. The summed E-state index contributed by atoms with van der Waals surface area (Å²) in [5, 5.41) is 0.307. The highest BCUT2D eigenvalue weighted by molar-refractivity contribution is 7.89. The quantitative estimate of drug-likeness (QED) is 0.880. The first-order valence-electron chi connectivity index (χ1n) is 7.73. The molecular formula is C17H19Cl2N2O2S+. The summed E-state index contributed by atoms with van der Waals surface area (Å²) in [5.41, 5.74) is 0.975. The Morgan fingerprint density at radius 1 is 1.04 bits per heavy atom. The Morgan fingerprint density at radius 2 is 1.67 bits per heavy atom. The fourth-order valence-electron chi connectivity index (χ4n) is 3.08. The lowest BCUT2D eigenvalue weighted by Crippen LogP contribution is -3.12. The van der Waals surface area contributed by atoms with Gasteiger partial charge in [-0.1, -0.05) is 59.6 Å². The van der Waals surface area contributed by atoms with Crippen molar-refractivity contribution < 1.29 is 13.3 Å². The molecule has 0 aliphatic carbocycles. The second-order valence-corrected chi connectivity index (χ2v) is 8.65. The van der Waals surface area contributed by atoms with Gasteiger partial charge in [0.1, 0.15) is 4.90 Å². The maximum atomic E-state index is 13.3. The van der Waals surface area contributed by atoms with Crippen LogP contribution in [0.2, 0.25) is 10.0 Å². The molecule has 1 heterocycles. The van der Waals surface area contributed by atoms with E-state index in [4.69, 9.17) is 23.2 Å². The van der Waals surface area contributed by atoms with E-state index in [0.717, 1.165) is 12.1 Å². The largest absolute Gasteiger partial charge is 0.335 e. The van der Waals surface area contributed by atoms with E-state index in [1.807, 2.05) is 30.3 Å². The van der Waals surface area contributed by atoms with Crippen LogP contribution in [-0.2, 0) is 10.0 Å². The van der Waals surface area contributed by atoms with E-state index in [0.29, 0.717) is 13.1 Å². The molecule has 4 nitrogen and oxygen atoms in total. The summed E-state index contributed by atoms with van der Waals surface area (Å²) >= 11 is 12.3. The lowest BCUT2D eigenvalue weighted by Gasteiger charge is -2.37. The number of sulfonamides is 1. The third-order valence-corrected chi connectivity index (χ3v) is 7.18. The maximum absolute atomic E-state index is 13.3. The minimum absolute atomic E-state index is 0.00572. The van der Waals surface area contributed by atoms with Crippen molar-refractivity contribution >= 4 is 33.2 Å². The van der Waals surface area contributed by atoms with Crippen LogP contribution < -0.4 is 4.90 Å². The van der Waals surface area contributed by atoms with E-state index in [2.05, 4.69) is 7.05 Å². The summed E-state index contributed by atoms with van der Waals surface area (Å²) in [6.45, 7) is 1.87. The van der Waals surface area contributed by atoms with E-state index < -0.39 is 10.0 Å². The molecule has 1 fully saturated rings. The van der Waals surface area contributed by atoms with Crippen molar-refractivity contribution in [2.75, 3.05) is 26.7 Å². The highest BCUT2D eigenvalue weighted by Gasteiger charge is 2.39. The maximum Gasteiger partial charge on any atom is 0.247 e. The van der Waals surface area contributed by atoms with Crippen molar-refractivity contribution in [2.45, 2.75) is 10.9 Å². The number of hydrogen-bond donors (Lipinski definition) is 1. The Kier molecular flexibility index (Phi) is 5.18. The fourth-order valence-corrected chi connectivity index (χ4v) is 5.79. The van der Waals surface area contributed by atoms with E-state index in [9.17, 15) is 8.42 Å². The molecule has 2 aromatic rings.